The molecule has 0 saturated carbocycles. The number of ether oxygens (including phenoxy) is 1. The largest absolute Gasteiger partial charge is 0.492 e. The molecule has 5 heteroatoms. The normalized spacial score (nSPS) is 12.5. The van der Waals surface area contributed by atoms with E-state index in [0.717, 1.165) is 12.0 Å². The molecular formula is C13H19Cl2NO2. The Bertz CT molecular complexity index is 383. The summed E-state index contributed by atoms with van der Waals surface area (Å²) >= 11 is 12.1. The van der Waals surface area contributed by atoms with Gasteiger partial charge in [-0.15, -0.1) is 0 Å². The fourth-order valence-corrected chi connectivity index (χ4v) is 2.12. The minimum atomic E-state index is -0.389. The number of benzene rings is 1. The molecule has 102 valence electrons. The molecule has 1 rings (SSSR count). The van der Waals surface area contributed by atoms with Crippen LogP contribution in [0.1, 0.15) is 25.8 Å². The first-order valence-electron chi connectivity index (χ1n) is 6.04. The molecule has 0 amide bonds. The second-order valence-electron chi connectivity index (χ2n) is 4.20. The van der Waals surface area contributed by atoms with Gasteiger partial charge in [-0.3, -0.25) is 0 Å². The molecule has 0 saturated heterocycles. The van der Waals surface area contributed by atoms with Crippen LogP contribution < -0.4 is 10.1 Å². The van der Waals surface area contributed by atoms with E-state index in [9.17, 15) is 5.11 Å². The maximum absolute atomic E-state index is 9.20. The van der Waals surface area contributed by atoms with E-state index < -0.39 is 0 Å². The number of halogens is 2. The molecule has 0 fully saturated rings. The van der Waals surface area contributed by atoms with Crippen molar-refractivity contribution in [2.45, 2.75) is 32.9 Å². The molecule has 0 aromatic heterocycles. The molecule has 0 radical (unpaired) electrons. The Morgan fingerprint density at radius 2 is 2.11 bits per heavy atom. The zero-order valence-corrected chi connectivity index (χ0v) is 12.2. The zero-order valence-electron chi connectivity index (χ0n) is 10.7. The van der Waals surface area contributed by atoms with Crippen LogP contribution in [-0.4, -0.2) is 24.4 Å². The van der Waals surface area contributed by atoms with Gasteiger partial charge in [0.15, 0.2) is 0 Å². The highest BCUT2D eigenvalue weighted by atomic mass is 35.5. The molecular weight excluding hydrogens is 273 g/mol. The lowest BCUT2D eigenvalue weighted by Gasteiger charge is -2.14. The number of aliphatic hydroxyl groups is 1. The van der Waals surface area contributed by atoms with E-state index in [1.807, 2.05) is 13.0 Å². The summed E-state index contributed by atoms with van der Waals surface area (Å²) in [5, 5.41) is 13.4. The lowest BCUT2D eigenvalue weighted by atomic mass is 10.2. The molecule has 1 atom stereocenters. The van der Waals surface area contributed by atoms with Gasteiger partial charge in [-0.1, -0.05) is 30.1 Å². The van der Waals surface area contributed by atoms with E-state index in [4.69, 9.17) is 27.9 Å². The molecule has 1 aromatic carbocycles. The van der Waals surface area contributed by atoms with Gasteiger partial charge in [0.25, 0.3) is 0 Å². The molecule has 2 N–H and O–H groups in total. The highest BCUT2D eigenvalue weighted by molar-refractivity contribution is 6.35. The SMILES string of the molecule is CCCOc1c(Cl)cc(Cl)cc1CNCC(C)O. The van der Waals surface area contributed by atoms with Crippen molar-refractivity contribution in [1.29, 1.82) is 0 Å². The van der Waals surface area contributed by atoms with Crippen molar-refractivity contribution in [3.05, 3.63) is 27.7 Å². The number of aliphatic hydroxyl groups excluding tert-OH is 1. The average molecular weight is 292 g/mol. The van der Waals surface area contributed by atoms with Gasteiger partial charge in [0.2, 0.25) is 0 Å². The van der Waals surface area contributed by atoms with Gasteiger partial charge in [0, 0.05) is 23.7 Å². The van der Waals surface area contributed by atoms with Crippen LogP contribution in [-0.2, 0) is 6.54 Å². The predicted octanol–water partition coefficient (Wildman–Crippen LogP) is 3.25. The Morgan fingerprint density at radius 3 is 2.72 bits per heavy atom. The molecule has 0 aliphatic carbocycles. The number of hydrogen-bond acceptors (Lipinski definition) is 3. The number of rotatable bonds is 7. The van der Waals surface area contributed by atoms with Gasteiger partial charge in [-0.2, -0.15) is 0 Å². The van der Waals surface area contributed by atoms with Crippen LogP contribution in [0.5, 0.6) is 5.75 Å². The third kappa shape index (κ3) is 5.02. The van der Waals surface area contributed by atoms with Crippen molar-refractivity contribution in [2.24, 2.45) is 0 Å². The second-order valence-corrected chi connectivity index (χ2v) is 5.05. The van der Waals surface area contributed by atoms with Gasteiger partial charge < -0.3 is 15.2 Å². The monoisotopic (exact) mass is 291 g/mol. The summed E-state index contributed by atoms with van der Waals surface area (Å²) in [4.78, 5) is 0. The van der Waals surface area contributed by atoms with Crippen LogP contribution in [0.25, 0.3) is 0 Å². The summed E-state index contributed by atoms with van der Waals surface area (Å²) in [7, 11) is 0. The fourth-order valence-electron chi connectivity index (χ4n) is 1.53. The average Bonchev–Trinajstić information content (AvgIpc) is 2.27. The number of nitrogens with one attached hydrogen (secondary N) is 1. The van der Waals surface area contributed by atoms with E-state index in [1.165, 1.54) is 0 Å². The maximum atomic E-state index is 9.20. The minimum Gasteiger partial charge on any atom is -0.492 e. The molecule has 0 heterocycles. The Balaban J connectivity index is 2.78. The van der Waals surface area contributed by atoms with E-state index in [1.54, 1.807) is 13.0 Å². The lowest BCUT2D eigenvalue weighted by molar-refractivity contribution is 0.190. The van der Waals surface area contributed by atoms with Crippen molar-refractivity contribution in [2.75, 3.05) is 13.2 Å². The van der Waals surface area contributed by atoms with Crippen LogP contribution in [0.3, 0.4) is 0 Å². The first-order valence-corrected chi connectivity index (χ1v) is 6.79. The highest BCUT2D eigenvalue weighted by Crippen LogP contribution is 2.32. The first kappa shape index (κ1) is 15.6. The number of hydrogen-bond donors (Lipinski definition) is 2. The van der Waals surface area contributed by atoms with Gasteiger partial charge in [0.1, 0.15) is 5.75 Å². The molecule has 0 bridgehead atoms. The standard InChI is InChI=1S/C13H19Cl2NO2/c1-3-4-18-13-10(8-16-7-9(2)17)5-11(14)6-12(13)15/h5-6,9,16-17H,3-4,7-8H2,1-2H3. The van der Waals surface area contributed by atoms with E-state index in [0.29, 0.717) is 35.5 Å². The van der Waals surface area contributed by atoms with Gasteiger partial charge in [-0.25, -0.2) is 0 Å². The van der Waals surface area contributed by atoms with Crippen molar-refractivity contribution in [1.82, 2.24) is 5.32 Å². The van der Waals surface area contributed by atoms with Crippen LogP contribution in [0.2, 0.25) is 10.0 Å². The second kappa shape index (κ2) is 7.85. The fraction of sp³-hybridized carbons (Fsp3) is 0.538. The summed E-state index contributed by atoms with van der Waals surface area (Å²) in [6.45, 7) is 5.45. The van der Waals surface area contributed by atoms with Crippen LogP contribution in [0, 0.1) is 0 Å². The minimum absolute atomic E-state index is 0.389. The van der Waals surface area contributed by atoms with Gasteiger partial charge in [0.05, 0.1) is 17.7 Å². The zero-order chi connectivity index (χ0) is 13.5. The summed E-state index contributed by atoms with van der Waals surface area (Å²) in [5.41, 5.74) is 0.904. The highest BCUT2D eigenvalue weighted by Gasteiger charge is 2.10. The predicted molar refractivity (Wildman–Crippen MR) is 75.6 cm³/mol. The van der Waals surface area contributed by atoms with E-state index in [-0.39, 0.29) is 6.10 Å². The van der Waals surface area contributed by atoms with Crippen LogP contribution >= 0.6 is 23.2 Å². The molecule has 0 aliphatic heterocycles. The smallest absolute Gasteiger partial charge is 0.142 e. The van der Waals surface area contributed by atoms with Crippen molar-refractivity contribution in [3.63, 3.8) is 0 Å². The molecule has 1 aromatic rings. The van der Waals surface area contributed by atoms with Crippen LogP contribution in [0.4, 0.5) is 0 Å². The quantitative estimate of drug-likeness (QED) is 0.810. The molecule has 3 nitrogen and oxygen atoms in total. The summed E-state index contributed by atoms with van der Waals surface area (Å²) in [6.07, 6.45) is 0.527. The van der Waals surface area contributed by atoms with Crippen molar-refractivity contribution < 1.29 is 9.84 Å². The van der Waals surface area contributed by atoms with E-state index >= 15 is 0 Å². The Kier molecular flexibility index (Phi) is 6.79. The third-order valence-electron chi connectivity index (χ3n) is 2.29. The van der Waals surface area contributed by atoms with Crippen LogP contribution in [0.15, 0.2) is 12.1 Å². The van der Waals surface area contributed by atoms with Gasteiger partial charge in [-0.05, 0) is 25.5 Å². The van der Waals surface area contributed by atoms with Crippen molar-refractivity contribution >= 4 is 23.2 Å². The summed E-state index contributed by atoms with van der Waals surface area (Å²) in [5.74, 6) is 0.668. The Labute approximate surface area is 118 Å². The Hall–Kier alpha value is -0.480. The van der Waals surface area contributed by atoms with Crippen molar-refractivity contribution in [3.8, 4) is 5.75 Å². The van der Waals surface area contributed by atoms with E-state index in [2.05, 4.69) is 5.32 Å². The summed E-state index contributed by atoms with van der Waals surface area (Å²) in [6, 6.07) is 3.50. The lowest BCUT2D eigenvalue weighted by Crippen LogP contribution is -2.24. The summed E-state index contributed by atoms with van der Waals surface area (Å²) < 4.78 is 5.64. The molecule has 18 heavy (non-hydrogen) atoms. The van der Waals surface area contributed by atoms with Gasteiger partial charge >= 0.3 is 0 Å². The topological polar surface area (TPSA) is 41.5 Å². The molecule has 0 aliphatic rings. The molecule has 1 unspecified atom stereocenters. The first-order chi connectivity index (χ1) is 8.54. The Morgan fingerprint density at radius 1 is 1.39 bits per heavy atom. The molecule has 0 spiro atoms. The maximum Gasteiger partial charge on any atom is 0.142 e. The third-order valence-corrected chi connectivity index (χ3v) is 2.79.